The third kappa shape index (κ3) is 19.3. The predicted molar refractivity (Wildman–Crippen MR) is 208 cm³/mol. The number of benzene rings is 4. The van der Waals surface area contributed by atoms with Crippen LogP contribution in [0, 0.1) is 0 Å². The zero-order valence-corrected chi connectivity index (χ0v) is 31.9. The van der Waals surface area contributed by atoms with Crippen molar-refractivity contribution in [2.75, 3.05) is 12.3 Å². The number of nitrogens with two attached hydrogens (primary N) is 1. The number of nitrogens with zero attached hydrogens (tertiary/aromatic N) is 2. The number of anilines is 1. The molecule has 0 radical (unpaired) electrons. The normalized spacial score (nSPS) is 10.9. The second-order valence-corrected chi connectivity index (χ2v) is 14.1. The van der Waals surface area contributed by atoms with Gasteiger partial charge in [0.2, 0.25) is 0 Å². The van der Waals surface area contributed by atoms with Crippen LogP contribution in [0.2, 0.25) is 0 Å². The molecule has 0 unspecified atom stereocenters. The van der Waals surface area contributed by atoms with Gasteiger partial charge >= 0.3 is 24.0 Å². The lowest BCUT2D eigenvalue weighted by Crippen LogP contribution is -2.33. The Morgan fingerprint density at radius 3 is 1.73 bits per heavy atom. The van der Waals surface area contributed by atoms with E-state index in [0.29, 0.717) is 30.8 Å². The van der Waals surface area contributed by atoms with E-state index in [1.54, 1.807) is 57.2 Å². The molecule has 1 amide bonds. The maximum atomic E-state index is 11.7. The van der Waals surface area contributed by atoms with Crippen LogP contribution >= 0.6 is 0 Å². The van der Waals surface area contributed by atoms with Crippen molar-refractivity contribution >= 4 is 41.1 Å². The number of alkyl carbamates (subject to hydrolysis) is 1. The van der Waals surface area contributed by atoms with Gasteiger partial charge in [0.1, 0.15) is 28.4 Å². The summed E-state index contributed by atoms with van der Waals surface area (Å²) in [6.45, 7) is 11.3. The minimum absolute atomic E-state index is 0.0326. The van der Waals surface area contributed by atoms with Gasteiger partial charge in [-0.05, 0) is 145 Å². The van der Waals surface area contributed by atoms with E-state index < -0.39 is 29.2 Å². The molecule has 7 N–H and O–H groups in total. The first-order valence-electron chi connectivity index (χ1n) is 17.3. The van der Waals surface area contributed by atoms with Crippen LogP contribution in [0.4, 0.5) is 21.9 Å². The van der Waals surface area contributed by atoms with Crippen LogP contribution in [0.5, 0.6) is 11.5 Å². The van der Waals surface area contributed by atoms with E-state index >= 15 is 0 Å². The Kier molecular flexibility index (Phi) is 17.3. The lowest BCUT2D eigenvalue weighted by atomic mass is 10.1. The van der Waals surface area contributed by atoms with Crippen molar-refractivity contribution in [2.24, 2.45) is 10.2 Å². The number of nitrogen functional groups attached to an aromatic ring is 1. The van der Waals surface area contributed by atoms with Gasteiger partial charge in [0.25, 0.3) is 0 Å². The number of hydrogen-bond donors (Lipinski definition) is 6. The summed E-state index contributed by atoms with van der Waals surface area (Å²) in [6, 6.07) is 23.9. The van der Waals surface area contributed by atoms with Crippen LogP contribution in [-0.4, -0.2) is 62.2 Å². The van der Waals surface area contributed by atoms with Crippen LogP contribution in [0.3, 0.4) is 0 Å². The Balaban J connectivity index is 0.000000325. The molecule has 0 saturated heterocycles. The number of phenolic OH excluding ortho intramolecular Hbond substituents is 2. The molecule has 4 aromatic carbocycles. The van der Waals surface area contributed by atoms with E-state index in [1.165, 1.54) is 42.5 Å². The highest BCUT2D eigenvalue weighted by molar-refractivity contribution is 5.88. The second kappa shape index (κ2) is 21.3. The first-order chi connectivity index (χ1) is 25.7. The molecule has 0 saturated carbocycles. The molecule has 0 aromatic heterocycles. The van der Waals surface area contributed by atoms with Crippen LogP contribution in [0.15, 0.2) is 101 Å². The molecule has 0 aliphatic rings. The van der Waals surface area contributed by atoms with Crippen LogP contribution in [0.1, 0.15) is 86.2 Å². The molecule has 0 atom stereocenters. The Morgan fingerprint density at radius 2 is 1.20 bits per heavy atom. The highest BCUT2D eigenvalue weighted by Gasteiger charge is 2.16. The summed E-state index contributed by atoms with van der Waals surface area (Å²) >= 11 is 0. The largest absolute Gasteiger partial charge is 0.508 e. The number of esters is 1. The Hall–Kier alpha value is -6.44. The molecule has 0 heterocycles. The number of rotatable bonds is 11. The quantitative estimate of drug-likeness (QED) is 0.0482. The van der Waals surface area contributed by atoms with Crippen molar-refractivity contribution in [3.63, 3.8) is 0 Å². The predicted octanol–water partition coefficient (Wildman–Crippen LogP) is 8.60. The Labute approximate surface area is 320 Å². The van der Waals surface area contributed by atoms with E-state index in [4.69, 9.17) is 30.5 Å². The summed E-state index contributed by atoms with van der Waals surface area (Å²) in [7, 11) is 0. The topological polar surface area (TPSA) is 230 Å². The van der Waals surface area contributed by atoms with Gasteiger partial charge in [-0.15, -0.1) is 5.11 Å². The molecule has 14 heteroatoms. The van der Waals surface area contributed by atoms with Gasteiger partial charge in [0, 0.05) is 18.7 Å². The van der Waals surface area contributed by atoms with Gasteiger partial charge in [-0.25, -0.2) is 14.4 Å². The van der Waals surface area contributed by atoms with Crippen molar-refractivity contribution in [2.45, 2.75) is 78.4 Å². The first-order valence-corrected chi connectivity index (χ1v) is 17.3. The summed E-state index contributed by atoms with van der Waals surface area (Å²) < 4.78 is 10.4. The molecular weight excluding hydrogens is 708 g/mol. The van der Waals surface area contributed by atoms with E-state index in [9.17, 15) is 24.3 Å². The molecule has 0 aliphatic carbocycles. The number of amides is 1. The zero-order chi connectivity index (χ0) is 41.2. The third-order valence-corrected chi connectivity index (χ3v) is 6.87. The number of phenols is 2. The highest BCUT2D eigenvalue weighted by atomic mass is 16.6. The van der Waals surface area contributed by atoms with Gasteiger partial charge in [-0.2, -0.15) is 5.11 Å². The lowest BCUT2D eigenvalue weighted by molar-refractivity contribution is -0.154. The number of carboxylic acids is 2. The molecule has 55 heavy (non-hydrogen) atoms. The molecule has 4 rings (SSSR count). The molecule has 294 valence electrons. The average molecular weight is 759 g/mol. The van der Waals surface area contributed by atoms with Gasteiger partial charge in [-0.3, -0.25) is 4.79 Å². The number of azo groups is 1. The molecule has 0 spiro atoms. The maximum Gasteiger partial charge on any atom is 0.407 e. The van der Waals surface area contributed by atoms with Gasteiger partial charge < -0.3 is 41.0 Å². The van der Waals surface area contributed by atoms with Gasteiger partial charge in [-0.1, -0.05) is 18.2 Å². The molecule has 0 bridgehead atoms. The summed E-state index contributed by atoms with van der Waals surface area (Å²) in [4.78, 5) is 44.2. The van der Waals surface area contributed by atoms with Crippen LogP contribution in [-0.2, 0) is 27.1 Å². The summed E-state index contributed by atoms with van der Waals surface area (Å²) in [5, 5.41) is 47.1. The smallest absolute Gasteiger partial charge is 0.407 e. The van der Waals surface area contributed by atoms with Crippen molar-refractivity contribution in [1.29, 1.82) is 0 Å². The minimum Gasteiger partial charge on any atom is -0.508 e. The average Bonchev–Trinajstić information content (AvgIpc) is 3.08. The van der Waals surface area contributed by atoms with Crippen molar-refractivity contribution in [1.82, 2.24) is 5.32 Å². The molecule has 0 fully saturated rings. The molecule has 14 nitrogen and oxygen atoms in total. The highest BCUT2D eigenvalue weighted by Crippen LogP contribution is 2.29. The molecular formula is C41H50N4O10. The summed E-state index contributed by atoms with van der Waals surface area (Å²) in [5.41, 5.74) is 8.06. The third-order valence-electron chi connectivity index (χ3n) is 6.87. The Bertz CT molecular complexity index is 1880. The SMILES string of the molecule is CC(C)(C)OC(=O)CCCc1ccc(O)cc1.CC(C)(C)OC(=O)NCCc1ccc(O)c(N=Nc2ccc(C(=O)O)cc2)c1.Nc1ccc(C(=O)O)cc1. The first kappa shape index (κ1) is 44.7. The molecule has 0 aliphatic heterocycles. The fourth-order valence-electron chi connectivity index (χ4n) is 4.33. The number of carbonyl (C=O) groups excluding carboxylic acids is 2. The van der Waals surface area contributed by atoms with Crippen molar-refractivity contribution in [3.8, 4) is 11.5 Å². The number of carbonyl (C=O) groups is 4. The minimum atomic E-state index is -1.02. The number of aromatic hydroxyl groups is 2. The van der Waals surface area contributed by atoms with Crippen LogP contribution < -0.4 is 11.1 Å². The van der Waals surface area contributed by atoms with E-state index in [-0.39, 0.29) is 34.3 Å². The number of aryl methyl sites for hydroxylation is 1. The summed E-state index contributed by atoms with van der Waals surface area (Å²) in [6.07, 6.45) is 2.04. The maximum absolute atomic E-state index is 11.7. The van der Waals surface area contributed by atoms with E-state index in [0.717, 1.165) is 24.0 Å². The number of hydrogen-bond acceptors (Lipinski definition) is 11. The number of nitrogens with one attached hydrogen (secondary N) is 1. The van der Waals surface area contributed by atoms with Crippen LogP contribution in [0.25, 0.3) is 0 Å². The van der Waals surface area contributed by atoms with Crippen molar-refractivity contribution < 1.29 is 49.1 Å². The lowest BCUT2D eigenvalue weighted by Gasteiger charge is -2.19. The Morgan fingerprint density at radius 1 is 0.673 bits per heavy atom. The fourth-order valence-corrected chi connectivity index (χ4v) is 4.33. The van der Waals surface area contributed by atoms with E-state index in [2.05, 4.69) is 15.5 Å². The zero-order valence-electron chi connectivity index (χ0n) is 31.9. The monoisotopic (exact) mass is 758 g/mol. The van der Waals surface area contributed by atoms with E-state index in [1.807, 2.05) is 32.9 Å². The number of aromatic carboxylic acids is 2. The second-order valence-electron chi connectivity index (χ2n) is 14.1. The standard InChI is InChI=1S/C20H23N3O5.C14H20O3.C7H7NO2/c1-20(2,3)28-19(27)21-11-10-13-4-9-17(24)16(12-13)23-22-15-7-5-14(6-8-15)18(25)26;1-14(2,3)17-13(16)6-4-5-11-7-9-12(15)10-8-11;8-6-3-1-5(2-4-6)7(9)10/h4-9,12,24H,10-11H2,1-3H3,(H,21,27)(H,25,26);7-10,15H,4-6H2,1-3H3;1-4H,8H2,(H,9,10). The summed E-state index contributed by atoms with van der Waals surface area (Å²) in [5.74, 6) is -1.87. The fraction of sp³-hybridized carbons (Fsp3) is 0.317. The van der Waals surface area contributed by atoms with Crippen molar-refractivity contribution in [3.05, 3.63) is 113 Å². The molecule has 4 aromatic rings. The van der Waals surface area contributed by atoms with Gasteiger partial charge in [0.05, 0.1) is 16.8 Å². The number of carboxylic acid groups (broad SMARTS) is 2. The number of ether oxygens (including phenoxy) is 2. The van der Waals surface area contributed by atoms with Gasteiger partial charge in [0.15, 0.2) is 0 Å².